The summed E-state index contributed by atoms with van der Waals surface area (Å²) in [7, 11) is 0. The van der Waals surface area contributed by atoms with Gasteiger partial charge in [0.15, 0.2) is 17.2 Å². The second-order valence-corrected chi connectivity index (χ2v) is 6.26. The minimum absolute atomic E-state index is 0.0592. The highest BCUT2D eigenvalue weighted by molar-refractivity contribution is 6.38. The van der Waals surface area contributed by atoms with E-state index in [2.05, 4.69) is 0 Å². The molecule has 1 fully saturated rings. The lowest BCUT2D eigenvalue weighted by Gasteiger charge is -2.30. The molecule has 0 unspecified atom stereocenters. The Hall–Kier alpha value is -2.53. The molecule has 0 aromatic heterocycles. The minimum atomic E-state index is -2.36. The van der Waals surface area contributed by atoms with E-state index in [-0.39, 0.29) is 11.3 Å². The van der Waals surface area contributed by atoms with Gasteiger partial charge >= 0.3 is 0 Å². The molecular weight excluding hydrogens is 296 g/mol. The lowest BCUT2D eigenvalue weighted by molar-refractivity contribution is -0.158. The third kappa shape index (κ3) is 1.86. The summed E-state index contributed by atoms with van der Waals surface area (Å²) in [6, 6.07) is 7.16. The third-order valence-electron chi connectivity index (χ3n) is 4.56. The SMILES string of the molecule is CC(=O)[C@]1(O)C(=O)/C(=C2/C=Cc3ccccc3O2)C(=O)C1(C)C. The average molecular weight is 312 g/mol. The summed E-state index contributed by atoms with van der Waals surface area (Å²) < 4.78 is 5.65. The zero-order valence-corrected chi connectivity index (χ0v) is 13.0. The molecular formula is C18H16O5. The van der Waals surface area contributed by atoms with Gasteiger partial charge in [0.2, 0.25) is 5.78 Å². The van der Waals surface area contributed by atoms with Gasteiger partial charge in [-0.1, -0.05) is 18.2 Å². The normalized spacial score (nSPS) is 28.5. The van der Waals surface area contributed by atoms with Crippen LogP contribution in [0.2, 0.25) is 0 Å². The molecule has 1 heterocycles. The highest BCUT2D eigenvalue weighted by Crippen LogP contribution is 2.46. The van der Waals surface area contributed by atoms with Crippen molar-refractivity contribution in [3.63, 3.8) is 0 Å². The maximum absolute atomic E-state index is 12.7. The van der Waals surface area contributed by atoms with Gasteiger partial charge in [-0.3, -0.25) is 14.4 Å². The summed E-state index contributed by atoms with van der Waals surface area (Å²) in [6.07, 6.45) is 3.23. The Labute approximate surface area is 133 Å². The fraction of sp³-hybridized carbons (Fsp3) is 0.278. The Morgan fingerprint density at radius 3 is 2.35 bits per heavy atom. The molecule has 1 aromatic rings. The summed E-state index contributed by atoms with van der Waals surface area (Å²) in [4.78, 5) is 37.2. The van der Waals surface area contributed by atoms with Crippen LogP contribution in [-0.2, 0) is 14.4 Å². The second kappa shape index (κ2) is 4.73. The Morgan fingerprint density at radius 2 is 1.74 bits per heavy atom. The van der Waals surface area contributed by atoms with Crippen LogP contribution < -0.4 is 4.74 Å². The molecule has 0 saturated heterocycles. The number of carbonyl (C=O) groups is 3. The number of aliphatic hydroxyl groups is 1. The third-order valence-corrected chi connectivity index (χ3v) is 4.56. The molecule has 1 N–H and O–H groups in total. The first-order chi connectivity index (χ1) is 10.7. The van der Waals surface area contributed by atoms with Gasteiger partial charge in [0.05, 0.1) is 5.41 Å². The van der Waals surface area contributed by atoms with Gasteiger partial charge in [-0.15, -0.1) is 0 Å². The lowest BCUT2D eigenvalue weighted by Crippen LogP contribution is -2.53. The fourth-order valence-corrected chi connectivity index (χ4v) is 3.03. The molecule has 0 amide bonds. The van der Waals surface area contributed by atoms with Crippen LogP contribution in [0.5, 0.6) is 5.75 Å². The van der Waals surface area contributed by atoms with Crippen molar-refractivity contribution in [2.75, 3.05) is 0 Å². The fourth-order valence-electron chi connectivity index (χ4n) is 3.03. The highest BCUT2D eigenvalue weighted by atomic mass is 16.5. The van der Waals surface area contributed by atoms with Crippen LogP contribution in [0.1, 0.15) is 26.3 Å². The molecule has 5 nitrogen and oxygen atoms in total. The average Bonchev–Trinajstić information content (AvgIpc) is 2.66. The monoisotopic (exact) mass is 312 g/mol. The minimum Gasteiger partial charge on any atom is -0.456 e. The highest BCUT2D eigenvalue weighted by Gasteiger charge is 2.66. The molecule has 0 spiro atoms. The summed E-state index contributed by atoms with van der Waals surface area (Å²) in [5, 5.41) is 10.6. The van der Waals surface area contributed by atoms with E-state index in [0.717, 1.165) is 12.5 Å². The Morgan fingerprint density at radius 1 is 1.09 bits per heavy atom. The van der Waals surface area contributed by atoms with Gasteiger partial charge in [-0.25, -0.2) is 0 Å². The smallest absolute Gasteiger partial charge is 0.210 e. The van der Waals surface area contributed by atoms with E-state index in [1.807, 2.05) is 12.1 Å². The Bertz CT molecular complexity index is 812. The maximum atomic E-state index is 12.7. The number of Topliss-reactive ketones (excluding diaryl/α,β-unsaturated/α-hetero) is 3. The first-order valence-electron chi connectivity index (χ1n) is 7.23. The lowest BCUT2D eigenvalue weighted by atomic mass is 9.74. The number of ketones is 3. The molecule has 2 aliphatic rings. The van der Waals surface area contributed by atoms with Crippen molar-refractivity contribution < 1.29 is 24.2 Å². The number of carbonyl (C=O) groups excluding carboxylic acids is 3. The van der Waals surface area contributed by atoms with Crippen LogP contribution in [0.25, 0.3) is 6.08 Å². The van der Waals surface area contributed by atoms with Crippen LogP contribution in [0.3, 0.4) is 0 Å². The van der Waals surface area contributed by atoms with Gasteiger partial charge in [-0.2, -0.15) is 0 Å². The van der Waals surface area contributed by atoms with Crippen LogP contribution in [0.4, 0.5) is 0 Å². The Kier molecular flexibility index (Phi) is 3.16. The van der Waals surface area contributed by atoms with Gasteiger partial charge in [0.1, 0.15) is 17.1 Å². The number of hydrogen-bond donors (Lipinski definition) is 1. The molecule has 1 atom stereocenters. The quantitative estimate of drug-likeness (QED) is 0.486. The van der Waals surface area contributed by atoms with Gasteiger partial charge < -0.3 is 9.84 Å². The first kappa shape index (κ1) is 15.4. The van der Waals surface area contributed by atoms with Gasteiger partial charge in [-0.05, 0) is 39.0 Å². The summed E-state index contributed by atoms with van der Waals surface area (Å²) in [5.41, 5.74) is -3.35. The summed E-state index contributed by atoms with van der Waals surface area (Å²) in [6.45, 7) is 3.89. The standard InChI is InChI=1S/C18H16O5/c1-10(19)18(22)16(21)14(15(20)17(18,2)3)13-9-8-11-6-4-5-7-12(11)23-13/h4-9,22H,1-3H3/b14-13-/t18-/m0/s1. The van der Waals surface area contributed by atoms with Crippen molar-refractivity contribution in [3.8, 4) is 5.75 Å². The topological polar surface area (TPSA) is 80.7 Å². The number of hydrogen-bond acceptors (Lipinski definition) is 5. The molecule has 0 radical (unpaired) electrons. The zero-order valence-electron chi connectivity index (χ0n) is 13.0. The molecule has 1 aliphatic heterocycles. The van der Waals surface area contributed by atoms with E-state index in [1.54, 1.807) is 18.2 Å². The van der Waals surface area contributed by atoms with Crippen molar-refractivity contribution in [2.45, 2.75) is 26.4 Å². The number of rotatable bonds is 1. The van der Waals surface area contributed by atoms with E-state index in [0.29, 0.717) is 5.75 Å². The van der Waals surface area contributed by atoms with Crippen molar-refractivity contribution in [1.82, 2.24) is 0 Å². The van der Waals surface area contributed by atoms with Crippen LogP contribution in [0.15, 0.2) is 41.7 Å². The molecule has 23 heavy (non-hydrogen) atoms. The van der Waals surface area contributed by atoms with Gasteiger partial charge in [0, 0.05) is 5.56 Å². The summed E-state index contributed by atoms with van der Waals surface area (Å²) >= 11 is 0. The first-order valence-corrected chi connectivity index (χ1v) is 7.23. The number of benzene rings is 1. The van der Waals surface area contributed by atoms with Gasteiger partial charge in [0.25, 0.3) is 0 Å². The second-order valence-electron chi connectivity index (χ2n) is 6.26. The largest absolute Gasteiger partial charge is 0.456 e. The van der Waals surface area contributed by atoms with Crippen LogP contribution in [0, 0.1) is 5.41 Å². The Balaban J connectivity index is 2.17. The maximum Gasteiger partial charge on any atom is 0.210 e. The van der Waals surface area contributed by atoms with E-state index < -0.39 is 28.4 Å². The van der Waals surface area contributed by atoms with E-state index in [4.69, 9.17) is 4.74 Å². The van der Waals surface area contributed by atoms with Crippen molar-refractivity contribution >= 4 is 23.4 Å². The number of fused-ring (bicyclic) bond motifs is 1. The number of allylic oxidation sites excluding steroid dienone is 1. The molecule has 0 bridgehead atoms. The van der Waals surface area contributed by atoms with Crippen LogP contribution >= 0.6 is 0 Å². The predicted octanol–water partition coefficient (Wildman–Crippen LogP) is 1.84. The molecule has 1 saturated carbocycles. The molecule has 3 rings (SSSR count). The zero-order chi connectivity index (χ0) is 17.0. The van der Waals surface area contributed by atoms with E-state index in [9.17, 15) is 19.5 Å². The number of ether oxygens (including phenoxy) is 1. The predicted molar refractivity (Wildman–Crippen MR) is 82.6 cm³/mol. The van der Waals surface area contributed by atoms with E-state index in [1.165, 1.54) is 19.9 Å². The van der Waals surface area contributed by atoms with Crippen LogP contribution in [-0.4, -0.2) is 28.1 Å². The molecule has 118 valence electrons. The number of para-hydroxylation sites is 1. The molecule has 1 aromatic carbocycles. The molecule has 1 aliphatic carbocycles. The van der Waals surface area contributed by atoms with Crippen molar-refractivity contribution in [2.24, 2.45) is 5.41 Å². The van der Waals surface area contributed by atoms with E-state index >= 15 is 0 Å². The van der Waals surface area contributed by atoms with Crippen molar-refractivity contribution in [3.05, 3.63) is 47.2 Å². The molecule has 5 heteroatoms. The summed E-state index contributed by atoms with van der Waals surface area (Å²) in [5.74, 6) is -1.69. The van der Waals surface area contributed by atoms with Crippen molar-refractivity contribution in [1.29, 1.82) is 0 Å².